The number of likely N-dealkylation sites (tertiary alicyclic amines) is 1. The Morgan fingerprint density at radius 1 is 1.32 bits per heavy atom. The molecule has 3 aromatic rings. The van der Waals surface area contributed by atoms with Crippen LogP contribution < -0.4 is 10.5 Å². The van der Waals surface area contributed by atoms with Crippen LogP contribution in [0.1, 0.15) is 24.8 Å². The number of pyridine rings is 1. The Morgan fingerprint density at radius 3 is 2.97 bits per heavy atom. The number of ether oxygens (including phenoxy) is 1. The molecular weight excluding hydrogens is 434 g/mol. The largest absolute Gasteiger partial charge is 0.493 e. The number of benzene rings is 1. The number of carbonyl (C=O) groups is 1. The summed E-state index contributed by atoms with van der Waals surface area (Å²) in [4.78, 5) is 22.8. The first kappa shape index (κ1) is 20.5. The number of rotatable bonds is 6. The number of aryl methyl sites for hydroxylation is 1. The lowest BCUT2D eigenvalue weighted by Crippen LogP contribution is -2.32. The van der Waals surface area contributed by atoms with Crippen molar-refractivity contribution < 1.29 is 9.53 Å². The summed E-state index contributed by atoms with van der Waals surface area (Å²) in [6.07, 6.45) is 6.66. The maximum atomic E-state index is 11.0. The van der Waals surface area contributed by atoms with Crippen LogP contribution in [-0.2, 0) is 17.8 Å². The highest BCUT2D eigenvalue weighted by molar-refractivity contribution is 7.99. The molecule has 1 aromatic carbocycles. The highest BCUT2D eigenvalue weighted by atomic mass is 35.5. The number of amides is 1. The van der Waals surface area contributed by atoms with Gasteiger partial charge >= 0.3 is 0 Å². The van der Waals surface area contributed by atoms with Crippen LogP contribution in [0.5, 0.6) is 5.75 Å². The highest BCUT2D eigenvalue weighted by Gasteiger charge is 2.22. The standard InChI is InChI=1S/C22H24ClN5O2S/c23-16-11-15-5-10-30-18(15)12-19(16)31-22-26-20-17(1-6-25-21(20)24)28(22)9-4-14-2-7-27(13-29)8-3-14/h1,6,11-14H,2-5,7-10H2,(H2,24,25). The van der Waals surface area contributed by atoms with Gasteiger partial charge in [-0.1, -0.05) is 11.6 Å². The van der Waals surface area contributed by atoms with Gasteiger partial charge in [-0.15, -0.1) is 0 Å². The van der Waals surface area contributed by atoms with Crippen LogP contribution in [0.25, 0.3) is 11.0 Å². The van der Waals surface area contributed by atoms with Gasteiger partial charge in [0, 0.05) is 37.1 Å². The molecule has 0 saturated carbocycles. The van der Waals surface area contributed by atoms with Gasteiger partial charge in [-0.3, -0.25) is 4.79 Å². The Bertz CT molecular complexity index is 1130. The first-order chi connectivity index (χ1) is 15.1. The fraction of sp³-hybridized carbons (Fsp3) is 0.409. The third kappa shape index (κ3) is 4.06. The van der Waals surface area contributed by atoms with Crippen molar-refractivity contribution in [2.24, 2.45) is 5.92 Å². The lowest BCUT2D eigenvalue weighted by atomic mass is 9.94. The number of carbonyl (C=O) groups excluding carboxylic acids is 1. The fourth-order valence-electron chi connectivity index (χ4n) is 4.36. The third-order valence-corrected chi connectivity index (χ3v) is 7.64. The van der Waals surface area contributed by atoms with E-state index in [-0.39, 0.29) is 0 Å². The van der Waals surface area contributed by atoms with Crippen LogP contribution in [-0.4, -0.2) is 45.5 Å². The van der Waals surface area contributed by atoms with Crippen molar-refractivity contribution in [2.75, 3.05) is 25.4 Å². The van der Waals surface area contributed by atoms with Crippen LogP contribution in [0, 0.1) is 5.92 Å². The monoisotopic (exact) mass is 457 g/mol. The van der Waals surface area contributed by atoms with E-state index in [2.05, 4.69) is 9.55 Å². The zero-order chi connectivity index (χ0) is 21.4. The first-order valence-corrected chi connectivity index (χ1v) is 11.7. The Morgan fingerprint density at radius 2 is 2.16 bits per heavy atom. The minimum absolute atomic E-state index is 0.431. The molecule has 31 heavy (non-hydrogen) atoms. The van der Waals surface area contributed by atoms with Crippen molar-refractivity contribution in [2.45, 2.75) is 42.3 Å². The lowest BCUT2D eigenvalue weighted by molar-refractivity contribution is -0.119. The fourth-order valence-corrected chi connectivity index (χ4v) is 5.61. The van der Waals surface area contributed by atoms with Crippen LogP contribution in [0.4, 0.5) is 5.82 Å². The molecule has 1 fully saturated rings. The van der Waals surface area contributed by atoms with Crippen molar-refractivity contribution in [3.63, 3.8) is 0 Å². The number of halogens is 1. The van der Waals surface area contributed by atoms with Crippen molar-refractivity contribution >= 4 is 46.6 Å². The zero-order valence-electron chi connectivity index (χ0n) is 17.1. The summed E-state index contributed by atoms with van der Waals surface area (Å²) in [7, 11) is 0. The summed E-state index contributed by atoms with van der Waals surface area (Å²) in [5, 5.41) is 1.56. The number of anilines is 1. The second-order valence-corrected chi connectivity index (χ2v) is 9.49. The van der Waals surface area contributed by atoms with Gasteiger partial charge in [0.2, 0.25) is 6.41 Å². The van der Waals surface area contributed by atoms with E-state index in [0.717, 1.165) is 78.6 Å². The summed E-state index contributed by atoms with van der Waals surface area (Å²) in [5.74, 6) is 1.92. The van der Waals surface area contributed by atoms with E-state index in [1.807, 2.05) is 23.1 Å². The average Bonchev–Trinajstić information content (AvgIpc) is 3.37. The first-order valence-electron chi connectivity index (χ1n) is 10.6. The summed E-state index contributed by atoms with van der Waals surface area (Å²) in [5.41, 5.74) is 8.97. The molecule has 4 heterocycles. The molecule has 2 N–H and O–H groups in total. The van der Waals surface area contributed by atoms with E-state index < -0.39 is 0 Å². The van der Waals surface area contributed by atoms with Crippen molar-refractivity contribution in [1.82, 2.24) is 19.4 Å². The number of nitrogen functional groups attached to an aromatic ring is 1. The second-order valence-electron chi connectivity index (χ2n) is 8.07. The summed E-state index contributed by atoms with van der Waals surface area (Å²) >= 11 is 8.12. The van der Waals surface area contributed by atoms with Gasteiger partial charge in [0.25, 0.3) is 0 Å². The van der Waals surface area contributed by atoms with E-state index in [1.54, 1.807) is 6.20 Å². The molecule has 5 rings (SSSR count). The van der Waals surface area contributed by atoms with E-state index in [9.17, 15) is 4.79 Å². The van der Waals surface area contributed by atoms with E-state index >= 15 is 0 Å². The minimum atomic E-state index is 0.431. The molecule has 2 aliphatic rings. The summed E-state index contributed by atoms with van der Waals surface area (Å²) in [6, 6.07) is 5.97. The molecule has 0 radical (unpaired) electrons. The quantitative estimate of drug-likeness (QED) is 0.563. The number of piperidine rings is 1. The van der Waals surface area contributed by atoms with E-state index in [1.165, 1.54) is 11.8 Å². The number of nitrogens with zero attached hydrogens (tertiary/aromatic N) is 4. The average molecular weight is 458 g/mol. The number of hydrogen-bond donors (Lipinski definition) is 1. The van der Waals surface area contributed by atoms with Gasteiger partial charge in [-0.25, -0.2) is 9.97 Å². The smallest absolute Gasteiger partial charge is 0.209 e. The van der Waals surface area contributed by atoms with Gasteiger partial charge in [-0.05, 0) is 60.7 Å². The molecule has 0 spiro atoms. The minimum Gasteiger partial charge on any atom is -0.493 e. The lowest BCUT2D eigenvalue weighted by Gasteiger charge is -2.29. The van der Waals surface area contributed by atoms with Crippen LogP contribution in [0.2, 0.25) is 5.02 Å². The van der Waals surface area contributed by atoms with Crippen LogP contribution in [0.3, 0.4) is 0 Å². The topological polar surface area (TPSA) is 86.3 Å². The molecule has 9 heteroatoms. The van der Waals surface area contributed by atoms with Crippen LogP contribution >= 0.6 is 23.4 Å². The normalized spacial score (nSPS) is 16.5. The molecule has 0 aliphatic carbocycles. The van der Waals surface area contributed by atoms with Gasteiger partial charge < -0.3 is 19.9 Å². The molecule has 7 nitrogen and oxygen atoms in total. The molecule has 0 atom stereocenters. The molecule has 2 aromatic heterocycles. The van der Waals surface area contributed by atoms with E-state index in [4.69, 9.17) is 27.1 Å². The predicted octanol–water partition coefficient (Wildman–Crippen LogP) is 4.01. The van der Waals surface area contributed by atoms with Crippen molar-refractivity contribution in [3.8, 4) is 5.75 Å². The summed E-state index contributed by atoms with van der Waals surface area (Å²) < 4.78 is 7.94. The molecule has 1 amide bonds. The predicted molar refractivity (Wildman–Crippen MR) is 122 cm³/mol. The number of aromatic nitrogens is 3. The Kier molecular flexibility index (Phi) is 5.67. The molecule has 0 bridgehead atoms. The Labute approximate surface area is 189 Å². The number of imidazole rings is 1. The summed E-state index contributed by atoms with van der Waals surface area (Å²) in [6.45, 7) is 3.20. The van der Waals surface area contributed by atoms with Gasteiger partial charge in [0.1, 0.15) is 11.3 Å². The highest BCUT2D eigenvalue weighted by Crippen LogP contribution is 2.40. The van der Waals surface area contributed by atoms with Gasteiger partial charge in [0.05, 0.1) is 17.1 Å². The molecule has 1 saturated heterocycles. The second kappa shape index (κ2) is 8.59. The zero-order valence-corrected chi connectivity index (χ0v) is 18.7. The Balaban J connectivity index is 1.43. The molecule has 2 aliphatic heterocycles. The molecule has 162 valence electrons. The van der Waals surface area contributed by atoms with Crippen LogP contribution in [0.15, 0.2) is 34.4 Å². The van der Waals surface area contributed by atoms with Gasteiger partial charge in [-0.2, -0.15) is 0 Å². The van der Waals surface area contributed by atoms with E-state index in [0.29, 0.717) is 28.9 Å². The molecule has 0 unspecified atom stereocenters. The number of nitrogens with two attached hydrogens (primary N) is 1. The SMILES string of the molecule is Nc1nccc2c1nc(Sc1cc3c(cc1Cl)CCO3)n2CCC1CCN(C=O)CC1. The van der Waals surface area contributed by atoms with Crippen molar-refractivity contribution in [1.29, 1.82) is 0 Å². The third-order valence-electron chi connectivity index (χ3n) is 6.16. The maximum absolute atomic E-state index is 11.0. The van der Waals surface area contributed by atoms with Gasteiger partial charge in [0.15, 0.2) is 11.0 Å². The van der Waals surface area contributed by atoms with Crippen molar-refractivity contribution in [3.05, 3.63) is 35.0 Å². The maximum Gasteiger partial charge on any atom is 0.209 e. The number of hydrogen-bond acceptors (Lipinski definition) is 6. The molecular formula is C22H24ClN5O2S. The Hall–Kier alpha value is -2.45. The number of fused-ring (bicyclic) bond motifs is 2.